The van der Waals surface area contributed by atoms with Crippen molar-refractivity contribution in [2.45, 2.75) is 12.8 Å². The summed E-state index contributed by atoms with van der Waals surface area (Å²) in [4.78, 5) is 11.7. The second-order valence-electron chi connectivity index (χ2n) is 6.05. The number of benzene rings is 2. The van der Waals surface area contributed by atoms with Crippen LogP contribution in [-0.4, -0.2) is 40.1 Å². The van der Waals surface area contributed by atoms with E-state index >= 15 is 0 Å². The lowest BCUT2D eigenvalue weighted by Crippen LogP contribution is -2.22. The maximum absolute atomic E-state index is 11.7. The molecule has 7 heteroatoms. The smallest absolute Gasteiger partial charge is 0.246 e. The Balaban J connectivity index is 1.98. The molecule has 0 saturated heterocycles. The number of aromatic nitrogens is 2. The number of carbonyl (C=O) groups is 1. The number of rotatable bonds is 6. The van der Waals surface area contributed by atoms with Crippen LogP contribution in [0.1, 0.15) is 12.1 Å². The molecule has 6 nitrogen and oxygen atoms in total. The third kappa shape index (κ3) is 4.48. The number of hydroxylamine groups is 2. The predicted molar refractivity (Wildman–Crippen MR) is 103 cm³/mol. The molecule has 0 aliphatic rings. The molecular formula is C20H20ClN3O3. The summed E-state index contributed by atoms with van der Waals surface area (Å²) in [6.07, 6.45) is 0.597. The highest BCUT2D eigenvalue weighted by Gasteiger charge is 2.14. The van der Waals surface area contributed by atoms with Gasteiger partial charge in [-0.3, -0.25) is 10.0 Å². The summed E-state index contributed by atoms with van der Waals surface area (Å²) >= 11 is 6.01. The SMILES string of the molecule is COc1ccc(-n2nc(CCC(=O)N(C)O)cc2-c2ccc(Cl)cc2)cc1. The molecule has 27 heavy (non-hydrogen) atoms. The van der Waals surface area contributed by atoms with E-state index in [0.717, 1.165) is 28.4 Å². The highest BCUT2D eigenvalue weighted by molar-refractivity contribution is 6.30. The number of hydrogen-bond acceptors (Lipinski definition) is 4. The van der Waals surface area contributed by atoms with Crippen LogP contribution in [0.3, 0.4) is 0 Å². The van der Waals surface area contributed by atoms with Gasteiger partial charge in [-0.25, -0.2) is 9.75 Å². The predicted octanol–water partition coefficient (Wildman–Crippen LogP) is 3.98. The summed E-state index contributed by atoms with van der Waals surface area (Å²) in [6.45, 7) is 0. The van der Waals surface area contributed by atoms with E-state index in [1.54, 1.807) is 7.11 Å². The van der Waals surface area contributed by atoms with Crippen LogP contribution in [-0.2, 0) is 11.2 Å². The minimum atomic E-state index is -0.359. The van der Waals surface area contributed by atoms with Crippen LogP contribution < -0.4 is 4.74 Å². The highest BCUT2D eigenvalue weighted by atomic mass is 35.5. The van der Waals surface area contributed by atoms with Gasteiger partial charge >= 0.3 is 0 Å². The fourth-order valence-corrected chi connectivity index (χ4v) is 2.82. The van der Waals surface area contributed by atoms with Gasteiger partial charge in [-0.15, -0.1) is 0 Å². The number of carbonyl (C=O) groups excluding carboxylic acids is 1. The molecule has 0 bridgehead atoms. The Kier molecular flexibility index (Phi) is 5.78. The molecule has 0 spiro atoms. The Labute approximate surface area is 162 Å². The minimum Gasteiger partial charge on any atom is -0.497 e. The van der Waals surface area contributed by atoms with Crippen LogP contribution in [0.2, 0.25) is 5.02 Å². The highest BCUT2D eigenvalue weighted by Crippen LogP contribution is 2.27. The minimum absolute atomic E-state index is 0.173. The standard InChI is InChI=1S/C20H20ClN3O3/c1-23(26)20(25)12-7-16-13-19(14-3-5-15(21)6-4-14)24(22-16)17-8-10-18(27-2)11-9-17/h3-6,8-11,13,26H,7,12H2,1-2H3. The van der Waals surface area contributed by atoms with Crippen LogP contribution in [0.5, 0.6) is 5.75 Å². The normalized spacial score (nSPS) is 10.7. The van der Waals surface area contributed by atoms with Crippen LogP contribution in [0.25, 0.3) is 16.9 Å². The van der Waals surface area contributed by atoms with Gasteiger partial charge in [0.25, 0.3) is 0 Å². The first-order valence-electron chi connectivity index (χ1n) is 8.42. The van der Waals surface area contributed by atoms with Gasteiger partial charge < -0.3 is 4.74 Å². The van der Waals surface area contributed by atoms with Gasteiger partial charge in [-0.1, -0.05) is 23.7 Å². The lowest BCUT2D eigenvalue weighted by Gasteiger charge is -2.09. The van der Waals surface area contributed by atoms with E-state index in [-0.39, 0.29) is 12.3 Å². The van der Waals surface area contributed by atoms with Crippen LogP contribution >= 0.6 is 11.6 Å². The maximum atomic E-state index is 11.7. The monoisotopic (exact) mass is 385 g/mol. The molecule has 0 saturated carbocycles. The number of methoxy groups -OCH3 is 1. The van der Waals surface area contributed by atoms with E-state index in [2.05, 4.69) is 5.10 Å². The molecule has 1 aromatic heterocycles. The Morgan fingerprint density at radius 1 is 1.19 bits per heavy atom. The quantitative estimate of drug-likeness (QED) is 0.514. The molecule has 0 aliphatic carbocycles. The summed E-state index contributed by atoms with van der Waals surface area (Å²) in [7, 11) is 2.94. The number of amides is 1. The number of halogens is 1. The van der Waals surface area contributed by atoms with Crippen molar-refractivity contribution in [3.8, 4) is 22.7 Å². The fourth-order valence-electron chi connectivity index (χ4n) is 2.70. The van der Waals surface area contributed by atoms with Gasteiger partial charge in [0, 0.05) is 30.5 Å². The molecule has 2 aromatic carbocycles. The number of aryl methyl sites for hydroxylation is 1. The average molecular weight is 386 g/mol. The molecule has 0 fully saturated rings. The van der Waals surface area contributed by atoms with Crippen molar-refractivity contribution >= 4 is 17.5 Å². The molecule has 0 aliphatic heterocycles. The first-order chi connectivity index (χ1) is 13.0. The summed E-state index contributed by atoms with van der Waals surface area (Å²) in [5, 5.41) is 15.1. The van der Waals surface area contributed by atoms with Crippen molar-refractivity contribution < 1.29 is 14.7 Å². The molecule has 0 atom stereocenters. The zero-order valence-corrected chi connectivity index (χ0v) is 15.8. The molecular weight excluding hydrogens is 366 g/mol. The third-order valence-corrected chi connectivity index (χ3v) is 4.42. The van der Waals surface area contributed by atoms with Gasteiger partial charge in [0.05, 0.1) is 24.2 Å². The van der Waals surface area contributed by atoms with Crippen LogP contribution in [0.15, 0.2) is 54.6 Å². The maximum Gasteiger partial charge on any atom is 0.246 e. The fraction of sp³-hybridized carbons (Fsp3) is 0.200. The number of nitrogens with zero attached hydrogens (tertiary/aromatic N) is 3. The Morgan fingerprint density at radius 2 is 1.85 bits per heavy atom. The molecule has 3 rings (SSSR count). The molecule has 0 unspecified atom stereocenters. The zero-order chi connectivity index (χ0) is 19.4. The van der Waals surface area contributed by atoms with Gasteiger partial charge in [0.1, 0.15) is 5.75 Å². The second kappa shape index (κ2) is 8.24. The summed E-state index contributed by atoms with van der Waals surface area (Å²) < 4.78 is 7.04. The third-order valence-electron chi connectivity index (χ3n) is 4.17. The molecule has 140 valence electrons. The van der Waals surface area contributed by atoms with E-state index in [4.69, 9.17) is 16.3 Å². The Hall–Kier alpha value is -2.83. The van der Waals surface area contributed by atoms with E-state index in [9.17, 15) is 10.0 Å². The summed E-state index contributed by atoms with van der Waals surface area (Å²) in [6, 6.07) is 17.0. The first-order valence-corrected chi connectivity index (χ1v) is 8.80. The topological polar surface area (TPSA) is 67.6 Å². The van der Waals surface area contributed by atoms with Gasteiger partial charge in [0.15, 0.2) is 0 Å². The molecule has 1 N–H and O–H groups in total. The Morgan fingerprint density at radius 3 is 2.44 bits per heavy atom. The van der Waals surface area contributed by atoms with Crippen LogP contribution in [0, 0.1) is 0 Å². The molecule has 3 aromatic rings. The van der Waals surface area contributed by atoms with E-state index in [1.807, 2.05) is 59.3 Å². The van der Waals surface area contributed by atoms with Crippen molar-refractivity contribution in [2.24, 2.45) is 0 Å². The van der Waals surface area contributed by atoms with Crippen molar-refractivity contribution in [3.05, 3.63) is 65.3 Å². The van der Waals surface area contributed by atoms with Crippen molar-refractivity contribution in [2.75, 3.05) is 14.2 Å². The molecule has 0 radical (unpaired) electrons. The van der Waals surface area contributed by atoms with E-state index in [1.165, 1.54) is 7.05 Å². The largest absolute Gasteiger partial charge is 0.497 e. The average Bonchev–Trinajstić information content (AvgIpc) is 3.11. The summed E-state index contributed by atoms with van der Waals surface area (Å²) in [5.74, 6) is 0.401. The number of hydrogen-bond donors (Lipinski definition) is 1. The first kappa shape index (κ1) is 18.9. The summed E-state index contributed by atoms with van der Waals surface area (Å²) in [5.41, 5.74) is 3.47. The van der Waals surface area contributed by atoms with Crippen molar-refractivity contribution in [3.63, 3.8) is 0 Å². The second-order valence-corrected chi connectivity index (χ2v) is 6.49. The van der Waals surface area contributed by atoms with E-state index in [0.29, 0.717) is 16.5 Å². The lowest BCUT2D eigenvalue weighted by atomic mass is 10.1. The Bertz CT molecular complexity index is 919. The van der Waals surface area contributed by atoms with Gasteiger partial charge in [0.2, 0.25) is 5.91 Å². The van der Waals surface area contributed by atoms with E-state index < -0.39 is 0 Å². The number of ether oxygens (including phenoxy) is 1. The van der Waals surface area contributed by atoms with Gasteiger partial charge in [-0.2, -0.15) is 5.10 Å². The van der Waals surface area contributed by atoms with Gasteiger partial charge in [-0.05, 0) is 42.5 Å². The molecule has 1 heterocycles. The molecule has 1 amide bonds. The van der Waals surface area contributed by atoms with Crippen molar-refractivity contribution in [1.29, 1.82) is 0 Å². The van der Waals surface area contributed by atoms with Crippen molar-refractivity contribution in [1.82, 2.24) is 14.8 Å². The van der Waals surface area contributed by atoms with Crippen LogP contribution in [0.4, 0.5) is 0 Å². The lowest BCUT2D eigenvalue weighted by molar-refractivity contribution is -0.159. The zero-order valence-electron chi connectivity index (χ0n) is 15.1.